The van der Waals surface area contributed by atoms with Crippen LogP contribution in [-0.4, -0.2) is 22.8 Å². The highest BCUT2D eigenvalue weighted by Gasteiger charge is 2.15. The zero-order valence-corrected chi connectivity index (χ0v) is 14.9. The molecular formula is C18H22N4O3. The molecule has 1 aromatic carbocycles. The fourth-order valence-corrected chi connectivity index (χ4v) is 2.66. The summed E-state index contributed by atoms with van der Waals surface area (Å²) >= 11 is 0. The minimum atomic E-state index is -0.587. The van der Waals surface area contributed by atoms with Crippen LogP contribution in [-0.2, 0) is 14.1 Å². The molecule has 0 amide bonds. The molecule has 7 nitrogen and oxygen atoms in total. The summed E-state index contributed by atoms with van der Waals surface area (Å²) in [4.78, 5) is 24.1. The Bertz CT molecular complexity index is 904. The van der Waals surface area contributed by atoms with E-state index in [0.717, 1.165) is 16.7 Å². The van der Waals surface area contributed by atoms with Crippen LogP contribution >= 0.6 is 0 Å². The average Bonchev–Trinajstić information content (AvgIpc) is 2.64. The number of ether oxygens (including phenoxy) is 1. The lowest BCUT2D eigenvalue weighted by Gasteiger charge is -2.16. The third-order valence-electron chi connectivity index (χ3n) is 4.33. The maximum Gasteiger partial charge on any atom is 0.332 e. The Hall–Kier alpha value is -3.01. The topological polar surface area (TPSA) is 89.1 Å². The molecule has 0 saturated heterocycles. The van der Waals surface area contributed by atoms with E-state index < -0.39 is 11.2 Å². The molecule has 1 aromatic heterocycles. The van der Waals surface area contributed by atoms with Crippen molar-refractivity contribution < 1.29 is 4.74 Å². The number of hydrogen-bond acceptors (Lipinski definition) is 5. The number of anilines is 1. The second kappa shape index (κ2) is 7.71. The summed E-state index contributed by atoms with van der Waals surface area (Å²) in [6, 6.07) is 9.74. The number of methoxy groups -OCH3 is 1. The first-order chi connectivity index (χ1) is 11.9. The molecule has 0 fully saturated rings. The van der Waals surface area contributed by atoms with Crippen molar-refractivity contribution in [3.05, 3.63) is 56.2 Å². The van der Waals surface area contributed by atoms with Crippen molar-refractivity contribution in [3.63, 3.8) is 0 Å². The van der Waals surface area contributed by atoms with E-state index in [0.29, 0.717) is 6.54 Å². The second-order valence-corrected chi connectivity index (χ2v) is 5.93. The van der Waals surface area contributed by atoms with Crippen LogP contribution in [0.4, 0.5) is 5.82 Å². The smallest absolute Gasteiger partial charge is 0.332 e. The van der Waals surface area contributed by atoms with Crippen molar-refractivity contribution in [2.24, 2.45) is 14.1 Å². The fourth-order valence-electron chi connectivity index (χ4n) is 2.66. The number of aromatic nitrogens is 2. The Morgan fingerprint density at radius 2 is 1.84 bits per heavy atom. The SMILES string of the molecule is COc1ccc(C(C)CCNc2c(C#N)c(=O)n(C)c(=O)n2C)cc1. The van der Waals surface area contributed by atoms with Gasteiger partial charge in [0.05, 0.1) is 7.11 Å². The Kier molecular flexibility index (Phi) is 5.65. The molecule has 2 aromatic rings. The second-order valence-electron chi connectivity index (χ2n) is 5.93. The number of nitrogens with one attached hydrogen (secondary N) is 1. The van der Waals surface area contributed by atoms with Crippen LogP contribution in [0.5, 0.6) is 5.75 Å². The lowest BCUT2D eigenvalue weighted by atomic mass is 9.98. The maximum atomic E-state index is 12.0. The van der Waals surface area contributed by atoms with Gasteiger partial charge < -0.3 is 10.1 Å². The van der Waals surface area contributed by atoms with Gasteiger partial charge in [0.25, 0.3) is 5.56 Å². The molecule has 1 heterocycles. The third-order valence-corrected chi connectivity index (χ3v) is 4.33. The van der Waals surface area contributed by atoms with Crippen LogP contribution in [0.15, 0.2) is 33.9 Å². The quantitative estimate of drug-likeness (QED) is 0.861. The summed E-state index contributed by atoms with van der Waals surface area (Å²) in [6.45, 7) is 2.63. The minimum Gasteiger partial charge on any atom is -0.497 e. The highest BCUT2D eigenvalue weighted by Crippen LogP contribution is 2.22. The van der Waals surface area contributed by atoms with Gasteiger partial charge in [-0.2, -0.15) is 5.26 Å². The van der Waals surface area contributed by atoms with E-state index in [2.05, 4.69) is 12.2 Å². The van der Waals surface area contributed by atoms with Crippen molar-refractivity contribution in [3.8, 4) is 11.8 Å². The number of nitrogens with zero attached hydrogens (tertiary/aromatic N) is 3. The van der Waals surface area contributed by atoms with E-state index in [4.69, 9.17) is 4.74 Å². The van der Waals surface area contributed by atoms with Crippen LogP contribution in [0, 0.1) is 11.3 Å². The molecule has 0 saturated carbocycles. The van der Waals surface area contributed by atoms with Crippen LogP contribution in [0.25, 0.3) is 0 Å². The molecule has 1 unspecified atom stereocenters. The molecule has 0 aliphatic rings. The van der Waals surface area contributed by atoms with Crippen molar-refractivity contribution in [2.75, 3.05) is 19.0 Å². The van der Waals surface area contributed by atoms with Crippen LogP contribution < -0.4 is 21.3 Å². The predicted octanol–water partition coefficient (Wildman–Crippen LogP) is 1.57. The predicted molar refractivity (Wildman–Crippen MR) is 96.2 cm³/mol. The summed E-state index contributed by atoms with van der Waals surface area (Å²) in [6.07, 6.45) is 0.778. The first kappa shape index (κ1) is 18.3. The Balaban J connectivity index is 2.13. The summed E-state index contributed by atoms with van der Waals surface area (Å²) in [5.41, 5.74) is 0.0636. The zero-order valence-electron chi connectivity index (χ0n) is 14.9. The zero-order chi connectivity index (χ0) is 18.6. The Morgan fingerprint density at radius 3 is 2.40 bits per heavy atom. The molecule has 0 bridgehead atoms. The highest BCUT2D eigenvalue weighted by molar-refractivity contribution is 5.51. The van der Waals surface area contributed by atoms with Gasteiger partial charge in [-0.1, -0.05) is 19.1 Å². The molecule has 1 atom stereocenters. The Labute approximate surface area is 146 Å². The minimum absolute atomic E-state index is 0.0540. The normalized spacial score (nSPS) is 11.6. The molecule has 0 aliphatic carbocycles. The van der Waals surface area contributed by atoms with Crippen LogP contribution in [0.2, 0.25) is 0 Å². The van der Waals surface area contributed by atoms with E-state index >= 15 is 0 Å². The van der Waals surface area contributed by atoms with Gasteiger partial charge in [-0.05, 0) is 30.0 Å². The number of nitriles is 1. The van der Waals surface area contributed by atoms with Gasteiger partial charge in [0.2, 0.25) is 0 Å². The van der Waals surface area contributed by atoms with E-state index in [1.165, 1.54) is 24.2 Å². The van der Waals surface area contributed by atoms with Gasteiger partial charge in [0, 0.05) is 20.6 Å². The molecule has 7 heteroatoms. The van der Waals surface area contributed by atoms with Crippen molar-refractivity contribution in [2.45, 2.75) is 19.3 Å². The number of hydrogen-bond donors (Lipinski definition) is 1. The lowest BCUT2D eigenvalue weighted by molar-refractivity contribution is 0.414. The van der Waals surface area contributed by atoms with Gasteiger partial charge in [-0.3, -0.25) is 13.9 Å². The van der Waals surface area contributed by atoms with Gasteiger partial charge in [-0.25, -0.2) is 4.79 Å². The van der Waals surface area contributed by atoms with Gasteiger partial charge >= 0.3 is 5.69 Å². The summed E-state index contributed by atoms with van der Waals surface area (Å²) in [7, 11) is 4.53. The van der Waals surface area contributed by atoms with Crippen LogP contribution in [0.3, 0.4) is 0 Å². The first-order valence-corrected chi connectivity index (χ1v) is 7.98. The average molecular weight is 342 g/mol. The van der Waals surface area contributed by atoms with Crippen LogP contribution in [0.1, 0.15) is 30.4 Å². The monoisotopic (exact) mass is 342 g/mol. The third kappa shape index (κ3) is 3.74. The van der Waals surface area contributed by atoms with Gasteiger partial charge in [0.1, 0.15) is 17.6 Å². The largest absolute Gasteiger partial charge is 0.497 e. The van der Waals surface area contributed by atoms with E-state index in [9.17, 15) is 14.9 Å². The lowest BCUT2D eigenvalue weighted by Crippen LogP contribution is -2.40. The summed E-state index contributed by atoms with van der Waals surface area (Å²) in [5.74, 6) is 1.34. The summed E-state index contributed by atoms with van der Waals surface area (Å²) < 4.78 is 7.38. The molecule has 1 N–H and O–H groups in total. The van der Waals surface area contributed by atoms with Gasteiger partial charge in [-0.15, -0.1) is 0 Å². The molecule has 25 heavy (non-hydrogen) atoms. The maximum absolute atomic E-state index is 12.0. The summed E-state index contributed by atoms with van der Waals surface area (Å²) in [5, 5.41) is 12.3. The van der Waals surface area contributed by atoms with Gasteiger partial charge in [0.15, 0.2) is 5.56 Å². The molecule has 2 rings (SSSR count). The van der Waals surface area contributed by atoms with E-state index in [1.54, 1.807) is 7.11 Å². The molecular weight excluding hydrogens is 320 g/mol. The van der Waals surface area contributed by atoms with E-state index in [-0.39, 0.29) is 17.3 Å². The number of benzene rings is 1. The molecule has 0 spiro atoms. The fraction of sp³-hybridized carbons (Fsp3) is 0.389. The van der Waals surface area contributed by atoms with Crippen molar-refractivity contribution in [1.82, 2.24) is 9.13 Å². The first-order valence-electron chi connectivity index (χ1n) is 7.98. The number of rotatable bonds is 6. The van der Waals surface area contributed by atoms with Crippen molar-refractivity contribution >= 4 is 5.82 Å². The molecule has 0 aliphatic heterocycles. The molecule has 0 radical (unpaired) electrons. The highest BCUT2D eigenvalue weighted by atomic mass is 16.5. The van der Waals surface area contributed by atoms with Crippen molar-refractivity contribution in [1.29, 1.82) is 5.26 Å². The van der Waals surface area contributed by atoms with E-state index in [1.807, 2.05) is 30.3 Å². The standard InChI is InChI=1S/C18H22N4O3/c1-12(13-5-7-14(25-4)8-6-13)9-10-20-16-15(11-19)17(23)22(3)18(24)21(16)2/h5-8,12,20H,9-10H2,1-4H3. The Morgan fingerprint density at radius 1 is 1.20 bits per heavy atom. The molecule has 132 valence electrons.